The Morgan fingerprint density at radius 2 is 1.12 bits per heavy atom. The van der Waals surface area contributed by atoms with Gasteiger partial charge >= 0.3 is 5.97 Å². The third-order valence-electron chi connectivity index (χ3n) is 11.7. The molecular formula is C44H74O5. The first-order chi connectivity index (χ1) is 24.0. The van der Waals surface area contributed by atoms with Crippen LogP contribution in [0.2, 0.25) is 0 Å². The van der Waals surface area contributed by atoms with E-state index in [1.54, 1.807) is 0 Å². The fourth-order valence-corrected chi connectivity index (χ4v) is 8.39. The first-order valence-corrected chi connectivity index (χ1v) is 21.1. The largest absolute Gasteiger partial charge is 0.463 e. The van der Waals surface area contributed by atoms with Crippen LogP contribution in [-0.4, -0.2) is 48.7 Å². The maximum Gasteiger partial charge on any atom is 0.310 e. The lowest BCUT2D eigenvalue weighted by atomic mass is 9.73. The normalized spacial score (nSPS) is 27.7. The highest BCUT2D eigenvalue weighted by molar-refractivity contribution is 5.73. The Balaban J connectivity index is 1.46. The molecule has 5 heteroatoms. The van der Waals surface area contributed by atoms with Crippen LogP contribution >= 0.6 is 0 Å². The number of aliphatic hydroxyl groups is 2. The number of hydrogen-bond donors (Lipinski definition) is 2. The number of unbranched alkanes of at least 4 members (excludes halogenated alkanes) is 10. The van der Waals surface area contributed by atoms with Crippen LogP contribution in [0.5, 0.6) is 0 Å². The Bertz CT molecular complexity index is 971. The van der Waals surface area contributed by atoms with Gasteiger partial charge in [0.25, 0.3) is 0 Å². The molecule has 0 aromatic heterocycles. The lowest BCUT2D eigenvalue weighted by molar-refractivity contribution is -0.153. The van der Waals surface area contributed by atoms with E-state index in [0.29, 0.717) is 11.8 Å². The molecule has 0 aliphatic heterocycles. The third-order valence-corrected chi connectivity index (χ3v) is 11.7. The summed E-state index contributed by atoms with van der Waals surface area (Å²) in [4.78, 5) is 13.4. The molecule has 4 atom stereocenters. The fourth-order valence-electron chi connectivity index (χ4n) is 8.39. The first kappa shape index (κ1) is 41.9. The third kappa shape index (κ3) is 18.0. The predicted molar refractivity (Wildman–Crippen MR) is 202 cm³/mol. The average Bonchev–Trinajstić information content (AvgIpc) is 3.13. The molecule has 0 aromatic carbocycles. The zero-order valence-electron chi connectivity index (χ0n) is 31.7. The average molecular weight is 683 g/mol. The Kier molecular flexibility index (Phi) is 22.5. The Hall–Kier alpha value is -1.53. The van der Waals surface area contributed by atoms with Gasteiger partial charge in [-0.15, -0.1) is 0 Å². The maximum absolute atomic E-state index is 13.4. The molecule has 3 rings (SSSR count). The number of esters is 1. The molecule has 280 valence electrons. The summed E-state index contributed by atoms with van der Waals surface area (Å²) in [5, 5.41) is 18.5. The van der Waals surface area contributed by atoms with E-state index >= 15 is 0 Å². The van der Waals surface area contributed by atoms with Gasteiger partial charge in [-0.25, -0.2) is 0 Å². The van der Waals surface area contributed by atoms with Crippen LogP contribution in [-0.2, 0) is 14.3 Å². The summed E-state index contributed by atoms with van der Waals surface area (Å²) in [7, 11) is 0. The summed E-state index contributed by atoms with van der Waals surface area (Å²) in [5.41, 5.74) is 0. The summed E-state index contributed by atoms with van der Waals surface area (Å²) < 4.78 is 11.1. The minimum Gasteiger partial charge on any atom is -0.463 e. The molecule has 0 spiro atoms. The predicted octanol–water partition coefficient (Wildman–Crippen LogP) is 10.1. The van der Waals surface area contributed by atoms with Crippen molar-refractivity contribution in [1.29, 1.82) is 0 Å². The second kappa shape index (κ2) is 26.3. The van der Waals surface area contributed by atoms with Gasteiger partial charge in [-0.1, -0.05) is 127 Å². The van der Waals surface area contributed by atoms with Gasteiger partial charge in [0.05, 0.1) is 25.7 Å². The van der Waals surface area contributed by atoms with Crippen LogP contribution in [0.25, 0.3) is 0 Å². The molecular weight excluding hydrogens is 608 g/mol. The summed E-state index contributed by atoms with van der Waals surface area (Å²) >= 11 is 0. The van der Waals surface area contributed by atoms with Gasteiger partial charge in [-0.2, -0.15) is 0 Å². The van der Waals surface area contributed by atoms with Crippen LogP contribution < -0.4 is 0 Å². The Morgan fingerprint density at radius 3 is 1.67 bits per heavy atom. The smallest absolute Gasteiger partial charge is 0.310 e. The molecule has 0 amide bonds. The van der Waals surface area contributed by atoms with Crippen LogP contribution in [0, 0.1) is 65.1 Å². The molecule has 0 heterocycles. The molecule has 5 nitrogen and oxygen atoms in total. The van der Waals surface area contributed by atoms with Crippen LogP contribution in [0.4, 0.5) is 0 Å². The second-order valence-corrected chi connectivity index (χ2v) is 15.9. The Labute approximate surface area is 301 Å². The molecule has 0 bridgehead atoms. The van der Waals surface area contributed by atoms with Gasteiger partial charge in [0.1, 0.15) is 12.7 Å². The highest BCUT2D eigenvalue weighted by atomic mass is 16.6. The van der Waals surface area contributed by atoms with E-state index in [-0.39, 0.29) is 50.2 Å². The van der Waals surface area contributed by atoms with E-state index in [0.717, 1.165) is 31.1 Å². The van der Waals surface area contributed by atoms with Crippen molar-refractivity contribution in [2.24, 2.45) is 41.4 Å². The van der Waals surface area contributed by atoms with Crippen LogP contribution in [0.3, 0.4) is 0 Å². The number of ether oxygens (including phenoxy) is 2. The van der Waals surface area contributed by atoms with E-state index < -0.39 is 6.10 Å². The van der Waals surface area contributed by atoms with Gasteiger partial charge in [0.15, 0.2) is 0 Å². The van der Waals surface area contributed by atoms with Crippen molar-refractivity contribution in [2.75, 3.05) is 26.4 Å². The van der Waals surface area contributed by atoms with E-state index in [2.05, 4.69) is 37.5 Å². The summed E-state index contributed by atoms with van der Waals surface area (Å²) in [5.74, 6) is 17.1. The highest BCUT2D eigenvalue weighted by Crippen LogP contribution is 2.37. The van der Waals surface area contributed by atoms with E-state index in [9.17, 15) is 9.90 Å². The quantitative estimate of drug-likeness (QED) is 0.0716. The monoisotopic (exact) mass is 683 g/mol. The molecule has 2 N–H and O–H groups in total. The molecule has 0 aromatic rings. The Morgan fingerprint density at radius 1 is 0.633 bits per heavy atom. The molecule has 49 heavy (non-hydrogen) atoms. The summed E-state index contributed by atoms with van der Waals surface area (Å²) in [6.45, 7) is 4.61. The minimum atomic E-state index is -0.908. The molecule has 3 fully saturated rings. The van der Waals surface area contributed by atoms with Gasteiger partial charge < -0.3 is 19.7 Å². The van der Waals surface area contributed by atoms with Crippen molar-refractivity contribution in [3.05, 3.63) is 0 Å². The van der Waals surface area contributed by atoms with Gasteiger partial charge in [-0.3, -0.25) is 4.79 Å². The van der Waals surface area contributed by atoms with Crippen LogP contribution in [0.15, 0.2) is 0 Å². The van der Waals surface area contributed by atoms with E-state index in [1.807, 2.05) is 0 Å². The maximum atomic E-state index is 13.4. The topological polar surface area (TPSA) is 76.0 Å². The molecule has 3 aliphatic carbocycles. The molecule has 3 aliphatic rings. The highest BCUT2D eigenvalue weighted by Gasteiger charge is 2.35. The second-order valence-electron chi connectivity index (χ2n) is 15.9. The van der Waals surface area contributed by atoms with Gasteiger partial charge in [-0.05, 0) is 82.5 Å². The lowest BCUT2D eigenvalue weighted by Gasteiger charge is -2.31. The van der Waals surface area contributed by atoms with Gasteiger partial charge in [0, 0.05) is 23.7 Å². The molecule has 0 radical (unpaired) electrons. The summed E-state index contributed by atoms with van der Waals surface area (Å²) in [6, 6.07) is 0. The number of rotatable bonds is 21. The molecule has 3 saturated carbocycles. The van der Waals surface area contributed by atoms with Crippen molar-refractivity contribution in [2.45, 2.75) is 180 Å². The molecule has 4 unspecified atom stereocenters. The zero-order chi connectivity index (χ0) is 34.9. The van der Waals surface area contributed by atoms with E-state index in [4.69, 9.17) is 14.6 Å². The SMILES string of the molecule is CCCCCCCCC1CCC(C#CC2CCC(C#CC3CCC(CCCCCCCC)CC3)C(C(=O)OCCOCC(O)CO)C2)CC1. The number of hydrogen-bond acceptors (Lipinski definition) is 5. The minimum absolute atomic E-state index is 0.0286. The van der Waals surface area contributed by atoms with Crippen molar-refractivity contribution in [3.63, 3.8) is 0 Å². The molecule has 0 saturated heterocycles. The van der Waals surface area contributed by atoms with Crippen LogP contribution in [0.1, 0.15) is 174 Å². The lowest BCUT2D eigenvalue weighted by Crippen LogP contribution is -2.32. The van der Waals surface area contributed by atoms with Crippen molar-refractivity contribution in [3.8, 4) is 23.7 Å². The van der Waals surface area contributed by atoms with Crippen molar-refractivity contribution < 1.29 is 24.5 Å². The first-order valence-electron chi connectivity index (χ1n) is 21.1. The van der Waals surface area contributed by atoms with Crippen molar-refractivity contribution >= 4 is 5.97 Å². The van der Waals surface area contributed by atoms with Crippen molar-refractivity contribution in [1.82, 2.24) is 0 Å². The summed E-state index contributed by atoms with van der Waals surface area (Å²) in [6.07, 6.45) is 31.2. The van der Waals surface area contributed by atoms with Gasteiger partial charge in [0.2, 0.25) is 0 Å². The number of aliphatic hydroxyl groups excluding tert-OH is 2. The fraction of sp³-hybridized carbons (Fsp3) is 0.886. The number of carbonyl (C=O) groups is 1. The number of carbonyl (C=O) groups excluding carboxylic acids is 1. The standard InChI is InChI=1S/C44H74O5/c1-3-5-7-9-11-13-15-36-17-21-38(22-18-36)25-26-40-28-30-41(43(33-40)44(47)49-32-31-48-35-42(46)34-45)29-27-39-23-19-37(20-24-39)16-14-12-10-8-6-4-2/h36-43,45-46H,3-24,28,30-35H2,1-2H3. The van der Waals surface area contributed by atoms with E-state index in [1.165, 1.54) is 141 Å². The zero-order valence-corrected chi connectivity index (χ0v) is 31.7.